The van der Waals surface area contributed by atoms with Crippen molar-refractivity contribution < 1.29 is 9.53 Å². The Balaban J connectivity index is 0.00000225. The number of carbonyl (C=O) groups excluding carboxylic acids is 1. The van der Waals surface area contributed by atoms with Gasteiger partial charge in [-0.15, -0.1) is 0 Å². The molecule has 0 N–H and O–H groups in total. The zero-order chi connectivity index (χ0) is 11.3. The summed E-state index contributed by atoms with van der Waals surface area (Å²) in [5, 5.41) is 0. The first-order valence-electron chi connectivity index (χ1n) is 5.41. The second-order valence-electron chi connectivity index (χ2n) is 4.07. The quantitative estimate of drug-likeness (QED) is 0.464. The minimum absolute atomic E-state index is 0. The summed E-state index contributed by atoms with van der Waals surface area (Å²) >= 11 is 0. The number of carbonyl (C=O) groups is 1. The van der Waals surface area contributed by atoms with E-state index in [2.05, 4.69) is 13.8 Å². The van der Waals surface area contributed by atoms with Crippen LogP contribution in [0.5, 0.6) is 5.75 Å². The first kappa shape index (κ1) is 16.3. The molecule has 0 atom stereocenters. The van der Waals surface area contributed by atoms with Crippen molar-refractivity contribution in [3.05, 3.63) is 29.8 Å². The van der Waals surface area contributed by atoms with E-state index in [9.17, 15) is 4.79 Å². The first-order chi connectivity index (χ1) is 7.11. The van der Waals surface area contributed by atoms with Crippen molar-refractivity contribution in [1.29, 1.82) is 0 Å². The molecule has 0 amide bonds. The molecule has 0 fully saturated rings. The van der Waals surface area contributed by atoms with Crippen LogP contribution in [0.2, 0.25) is 0 Å². The van der Waals surface area contributed by atoms with Crippen LogP contribution >= 0.6 is 0 Å². The maximum absolute atomic E-state index is 11.0. The standard InChI is InChI=1S/C13H18O2.K.H/c1-4-13(14)15-12-7-5-11(6-8-12)9-10(2)3;;/h5-8,10H,4,9H2,1-3H3;;. The summed E-state index contributed by atoms with van der Waals surface area (Å²) in [6, 6.07) is 7.73. The van der Waals surface area contributed by atoms with Crippen LogP contribution < -0.4 is 4.74 Å². The van der Waals surface area contributed by atoms with E-state index >= 15 is 0 Å². The van der Waals surface area contributed by atoms with Gasteiger partial charge in [-0.05, 0) is 30.0 Å². The van der Waals surface area contributed by atoms with Crippen LogP contribution in [-0.4, -0.2) is 57.4 Å². The zero-order valence-corrected chi connectivity index (χ0v) is 9.62. The van der Waals surface area contributed by atoms with E-state index in [0.29, 0.717) is 18.1 Å². The molecule has 0 heterocycles. The van der Waals surface area contributed by atoms with Crippen LogP contribution in [0.3, 0.4) is 0 Å². The monoisotopic (exact) mass is 246 g/mol. The Labute approximate surface area is 140 Å². The van der Waals surface area contributed by atoms with Gasteiger partial charge in [-0.3, -0.25) is 4.79 Å². The topological polar surface area (TPSA) is 26.3 Å². The van der Waals surface area contributed by atoms with E-state index in [1.807, 2.05) is 24.3 Å². The molecule has 1 aromatic rings. The molecule has 0 radical (unpaired) electrons. The van der Waals surface area contributed by atoms with Crippen molar-refractivity contribution in [1.82, 2.24) is 0 Å². The SMILES string of the molecule is CCC(=O)Oc1ccc(CC(C)C)cc1.[KH]. The third kappa shape index (κ3) is 6.16. The van der Waals surface area contributed by atoms with Crippen molar-refractivity contribution >= 4 is 57.4 Å². The van der Waals surface area contributed by atoms with Gasteiger partial charge in [0.1, 0.15) is 5.75 Å². The third-order valence-corrected chi connectivity index (χ3v) is 2.09. The second kappa shape index (κ2) is 8.42. The Morgan fingerprint density at radius 1 is 1.25 bits per heavy atom. The van der Waals surface area contributed by atoms with E-state index in [1.165, 1.54) is 5.56 Å². The van der Waals surface area contributed by atoms with Crippen molar-refractivity contribution in [3.63, 3.8) is 0 Å². The molecule has 0 aliphatic carbocycles. The van der Waals surface area contributed by atoms with E-state index in [0.717, 1.165) is 6.42 Å². The fourth-order valence-electron chi connectivity index (χ4n) is 1.37. The molecule has 0 saturated carbocycles. The van der Waals surface area contributed by atoms with Gasteiger partial charge in [0.2, 0.25) is 0 Å². The minimum atomic E-state index is -0.188. The molecule has 3 heteroatoms. The summed E-state index contributed by atoms with van der Waals surface area (Å²) in [7, 11) is 0. The van der Waals surface area contributed by atoms with Crippen LogP contribution in [-0.2, 0) is 11.2 Å². The van der Waals surface area contributed by atoms with Gasteiger partial charge in [0.15, 0.2) is 0 Å². The number of benzene rings is 1. The van der Waals surface area contributed by atoms with E-state index in [-0.39, 0.29) is 57.4 Å². The Bertz CT molecular complexity index is 317. The van der Waals surface area contributed by atoms with E-state index in [4.69, 9.17) is 4.74 Å². The number of hydrogen-bond donors (Lipinski definition) is 0. The van der Waals surface area contributed by atoms with Gasteiger partial charge in [0, 0.05) is 6.42 Å². The van der Waals surface area contributed by atoms with Crippen LogP contribution in [0.4, 0.5) is 0 Å². The van der Waals surface area contributed by atoms with Crippen LogP contribution in [0.25, 0.3) is 0 Å². The molecule has 84 valence electrons. The molecule has 0 aliphatic heterocycles. The average Bonchev–Trinajstić information content (AvgIpc) is 2.20. The fourth-order valence-corrected chi connectivity index (χ4v) is 1.37. The molecule has 0 spiro atoms. The van der Waals surface area contributed by atoms with Gasteiger partial charge in [0.25, 0.3) is 0 Å². The van der Waals surface area contributed by atoms with Crippen molar-refractivity contribution in [2.45, 2.75) is 33.6 Å². The van der Waals surface area contributed by atoms with Crippen LogP contribution in [0.15, 0.2) is 24.3 Å². The molecule has 2 nitrogen and oxygen atoms in total. The summed E-state index contributed by atoms with van der Waals surface area (Å²) in [5.74, 6) is 1.09. The summed E-state index contributed by atoms with van der Waals surface area (Å²) in [5.41, 5.74) is 1.28. The molecule has 16 heavy (non-hydrogen) atoms. The molecular formula is C13H19KO2. The number of rotatable bonds is 4. The fraction of sp³-hybridized carbons (Fsp3) is 0.462. The number of ether oxygens (including phenoxy) is 1. The van der Waals surface area contributed by atoms with Crippen molar-refractivity contribution in [3.8, 4) is 5.75 Å². The van der Waals surface area contributed by atoms with Crippen molar-refractivity contribution in [2.24, 2.45) is 5.92 Å². The second-order valence-corrected chi connectivity index (χ2v) is 4.07. The molecule has 0 saturated heterocycles. The normalized spacial score (nSPS) is 9.75. The van der Waals surface area contributed by atoms with Gasteiger partial charge in [-0.25, -0.2) is 0 Å². The molecule has 1 aromatic carbocycles. The Morgan fingerprint density at radius 3 is 2.25 bits per heavy atom. The molecule has 0 bridgehead atoms. The molecular weight excluding hydrogens is 227 g/mol. The number of esters is 1. The van der Waals surface area contributed by atoms with E-state index in [1.54, 1.807) is 6.92 Å². The molecule has 0 aromatic heterocycles. The molecule has 0 unspecified atom stereocenters. The molecule has 0 aliphatic rings. The Morgan fingerprint density at radius 2 is 1.81 bits per heavy atom. The van der Waals surface area contributed by atoms with Gasteiger partial charge in [-0.2, -0.15) is 0 Å². The van der Waals surface area contributed by atoms with Gasteiger partial charge in [-0.1, -0.05) is 32.9 Å². The third-order valence-electron chi connectivity index (χ3n) is 2.09. The zero-order valence-electron chi connectivity index (χ0n) is 9.62. The van der Waals surface area contributed by atoms with Gasteiger partial charge >= 0.3 is 57.4 Å². The van der Waals surface area contributed by atoms with Crippen LogP contribution in [0, 0.1) is 5.92 Å². The summed E-state index contributed by atoms with van der Waals surface area (Å²) in [4.78, 5) is 11.0. The summed E-state index contributed by atoms with van der Waals surface area (Å²) < 4.78 is 5.08. The molecule has 1 rings (SSSR count). The summed E-state index contributed by atoms with van der Waals surface area (Å²) in [6.45, 7) is 6.16. The Kier molecular flexibility index (Phi) is 8.59. The predicted octanol–water partition coefficient (Wildman–Crippen LogP) is 2.55. The predicted molar refractivity (Wildman–Crippen MR) is 68.1 cm³/mol. The first-order valence-corrected chi connectivity index (χ1v) is 5.41. The van der Waals surface area contributed by atoms with Crippen LogP contribution in [0.1, 0.15) is 32.8 Å². The maximum atomic E-state index is 11.0. The van der Waals surface area contributed by atoms with Gasteiger partial charge < -0.3 is 4.74 Å². The average molecular weight is 246 g/mol. The van der Waals surface area contributed by atoms with Crippen molar-refractivity contribution in [2.75, 3.05) is 0 Å². The number of hydrogen-bond acceptors (Lipinski definition) is 2. The summed E-state index contributed by atoms with van der Waals surface area (Å²) in [6.07, 6.45) is 1.47. The Hall–Kier alpha value is 0.326. The van der Waals surface area contributed by atoms with Gasteiger partial charge in [0.05, 0.1) is 0 Å². The van der Waals surface area contributed by atoms with E-state index < -0.39 is 0 Å².